The van der Waals surface area contributed by atoms with Crippen molar-refractivity contribution in [2.45, 2.75) is 6.92 Å². The maximum absolute atomic E-state index is 8.68. The van der Waals surface area contributed by atoms with Crippen molar-refractivity contribution in [3.63, 3.8) is 0 Å². The zero-order valence-corrected chi connectivity index (χ0v) is 7.58. The van der Waals surface area contributed by atoms with E-state index in [4.69, 9.17) is 22.4 Å². The van der Waals surface area contributed by atoms with Crippen LogP contribution in [0.4, 0.5) is 5.69 Å². The van der Waals surface area contributed by atoms with E-state index in [1.807, 2.05) is 6.07 Å². The third kappa shape index (κ3) is 1.91. The Kier molecular flexibility index (Phi) is 2.76. The lowest BCUT2D eigenvalue weighted by Gasteiger charge is -2.00. The largest absolute Gasteiger partial charge is 0.192 e. The molecule has 64 valence electrons. The third-order valence-corrected chi connectivity index (χ3v) is 1.96. The van der Waals surface area contributed by atoms with Crippen LogP contribution in [0.15, 0.2) is 17.2 Å². The van der Waals surface area contributed by atoms with Gasteiger partial charge in [0.1, 0.15) is 0 Å². The molecule has 0 aliphatic heterocycles. The van der Waals surface area contributed by atoms with Crippen LogP contribution in [0.5, 0.6) is 0 Å². The summed E-state index contributed by atoms with van der Waals surface area (Å²) in [6.45, 7) is 1.78. The molecule has 0 aliphatic carbocycles. The molecule has 0 bridgehead atoms. The molecule has 13 heavy (non-hydrogen) atoms. The van der Waals surface area contributed by atoms with Gasteiger partial charge in [-0.25, -0.2) is 0 Å². The number of aryl methyl sites for hydroxylation is 1. The molecule has 0 radical (unpaired) electrons. The van der Waals surface area contributed by atoms with Gasteiger partial charge in [0.05, 0.1) is 17.3 Å². The highest BCUT2D eigenvalue weighted by Gasteiger charge is 2.03. The van der Waals surface area contributed by atoms with Crippen LogP contribution >= 0.6 is 11.6 Å². The summed E-state index contributed by atoms with van der Waals surface area (Å²) in [6.07, 6.45) is 0. The van der Waals surface area contributed by atoms with Crippen LogP contribution in [-0.2, 0) is 0 Å². The van der Waals surface area contributed by atoms with Crippen molar-refractivity contribution in [2.24, 2.45) is 5.11 Å². The van der Waals surface area contributed by atoms with Crippen molar-refractivity contribution in [3.05, 3.63) is 38.7 Å². The number of nitriles is 1. The second kappa shape index (κ2) is 3.81. The van der Waals surface area contributed by atoms with Gasteiger partial charge in [-0.15, -0.1) is 0 Å². The van der Waals surface area contributed by atoms with Crippen molar-refractivity contribution >= 4 is 17.3 Å². The summed E-state index contributed by atoms with van der Waals surface area (Å²) in [4.78, 5) is 2.60. The second-order valence-corrected chi connectivity index (χ2v) is 2.83. The number of benzene rings is 1. The molecule has 5 heteroatoms. The average molecular weight is 193 g/mol. The molecule has 1 aromatic rings. The zero-order chi connectivity index (χ0) is 9.84. The predicted octanol–water partition coefficient (Wildman–Crippen LogP) is 3.46. The molecule has 0 saturated carbocycles. The van der Waals surface area contributed by atoms with Crippen LogP contribution in [0.25, 0.3) is 10.4 Å². The van der Waals surface area contributed by atoms with Crippen LogP contribution in [0.1, 0.15) is 11.1 Å². The standard InChI is InChI=1S/C8H5ClN4/c1-5-2-6(4-10)8(12-13-11)3-7(5)9/h2-3H,1H3. The number of hydrogen-bond donors (Lipinski definition) is 0. The van der Waals surface area contributed by atoms with Crippen molar-refractivity contribution in [2.75, 3.05) is 0 Å². The molecule has 1 aromatic carbocycles. The van der Waals surface area contributed by atoms with Crippen LogP contribution in [0.2, 0.25) is 5.02 Å². The summed E-state index contributed by atoms with van der Waals surface area (Å²) >= 11 is 5.79. The topological polar surface area (TPSA) is 72.5 Å². The predicted molar refractivity (Wildman–Crippen MR) is 49.7 cm³/mol. The third-order valence-electron chi connectivity index (χ3n) is 1.55. The summed E-state index contributed by atoms with van der Waals surface area (Å²) in [5, 5.41) is 12.5. The molecule has 0 aromatic heterocycles. The summed E-state index contributed by atoms with van der Waals surface area (Å²) in [6, 6.07) is 5.00. The van der Waals surface area contributed by atoms with Crippen LogP contribution in [0, 0.1) is 18.3 Å². The SMILES string of the molecule is Cc1cc(C#N)c(N=[N+]=[N-])cc1Cl. The normalized spacial score (nSPS) is 8.69. The van der Waals surface area contributed by atoms with E-state index in [9.17, 15) is 0 Å². The lowest BCUT2D eigenvalue weighted by atomic mass is 10.1. The van der Waals surface area contributed by atoms with Gasteiger partial charge in [0.2, 0.25) is 0 Å². The average Bonchev–Trinajstić information content (AvgIpc) is 2.11. The summed E-state index contributed by atoms with van der Waals surface area (Å²) < 4.78 is 0. The molecule has 0 N–H and O–H groups in total. The Morgan fingerprint density at radius 3 is 2.85 bits per heavy atom. The number of halogens is 1. The quantitative estimate of drug-likeness (QED) is 0.381. The van der Waals surface area contributed by atoms with E-state index in [-0.39, 0.29) is 5.69 Å². The molecule has 4 nitrogen and oxygen atoms in total. The fourth-order valence-electron chi connectivity index (χ4n) is 0.891. The van der Waals surface area contributed by atoms with E-state index >= 15 is 0 Å². The van der Waals surface area contributed by atoms with E-state index < -0.39 is 0 Å². The molecule has 0 aliphatic rings. The number of nitrogens with zero attached hydrogens (tertiary/aromatic N) is 4. The minimum atomic E-state index is 0.264. The Hall–Kier alpha value is -1.69. The lowest BCUT2D eigenvalue weighted by Crippen LogP contribution is -1.80. The minimum absolute atomic E-state index is 0.264. The monoisotopic (exact) mass is 192 g/mol. The van der Waals surface area contributed by atoms with Gasteiger partial charge in [-0.2, -0.15) is 5.26 Å². The Balaban J connectivity index is 3.43. The lowest BCUT2D eigenvalue weighted by molar-refractivity contribution is 1.37. The van der Waals surface area contributed by atoms with E-state index in [1.54, 1.807) is 13.0 Å². The van der Waals surface area contributed by atoms with Gasteiger partial charge < -0.3 is 0 Å². The van der Waals surface area contributed by atoms with Crippen molar-refractivity contribution in [3.8, 4) is 6.07 Å². The van der Waals surface area contributed by atoms with Crippen LogP contribution in [0.3, 0.4) is 0 Å². The smallest absolute Gasteiger partial charge is 0.0996 e. The molecule has 0 unspecified atom stereocenters. The highest BCUT2D eigenvalue weighted by molar-refractivity contribution is 6.31. The molecule has 0 heterocycles. The minimum Gasteiger partial charge on any atom is -0.192 e. The fourth-order valence-corrected chi connectivity index (χ4v) is 1.05. The first-order valence-electron chi connectivity index (χ1n) is 3.44. The number of azide groups is 1. The molecule has 0 saturated heterocycles. The summed E-state index contributed by atoms with van der Waals surface area (Å²) in [5.74, 6) is 0. The molecular weight excluding hydrogens is 188 g/mol. The molecular formula is C8H5ClN4. The fraction of sp³-hybridized carbons (Fsp3) is 0.125. The van der Waals surface area contributed by atoms with Gasteiger partial charge in [0.25, 0.3) is 0 Å². The first-order chi connectivity index (χ1) is 6.19. The van der Waals surface area contributed by atoms with Gasteiger partial charge >= 0.3 is 0 Å². The van der Waals surface area contributed by atoms with Crippen LogP contribution < -0.4 is 0 Å². The molecule has 0 atom stereocenters. The molecule has 0 spiro atoms. The number of rotatable bonds is 1. The van der Waals surface area contributed by atoms with Gasteiger partial charge in [-0.3, -0.25) is 0 Å². The van der Waals surface area contributed by atoms with E-state index in [2.05, 4.69) is 10.0 Å². The Morgan fingerprint density at radius 2 is 2.31 bits per heavy atom. The highest BCUT2D eigenvalue weighted by Crippen LogP contribution is 2.26. The van der Waals surface area contributed by atoms with Gasteiger partial charge in [-0.1, -0.05) is 16.7 Å². The summed E-state index contributed by atoms with van der Waals surface area (Å²) in [5.41, 5.74) is 9.59. The second-order valence-electron chi connectivity index (χ2n) is 2.42. The Labute approximate surface area is 80.0 Å². The maximum Gasteiger partial charge on any atom is 0.0996 e. The highest BCUT2D eigenvalue weighted by atomic mass is 35.5. The molecule has 1 rings (SSSR count). The van der Waals surface area contributed by atoms with Crippen molar-refractivity contribution < 1.29 is 0 Å². The van der Waals surface area contributed by atoms with Crippen molar-refractivity contribution in [1.29, 1.82) is 5.26 Å². The van der Waals surface area contributed by atoms with E-state index in [0.717, 1.165) is 5.56 Å². The van der Waals surface area contributed by atoms with E-state index in [0.29, 0.717) is 10.6 Å². The first kappa shape index (κ1) is 9.40. The molecule has 0 amide bonds. The number of hydrogen-bond acceptors (Lipinski definition) is 2. The van der Waals surface area contributed by atoms with E-state index in [1.165, 1.54) is 6.07 Å². The van der Waals surface area contributed by atoms with Gasteiger partial charge in [0.15, 0.2) is 0 Å². The zero-order valence-electron chi connectivity index (χ0n) is 6.82. The maximum atomic E-state index is 8.68. The Bertz CT molecular complexity index is 427. The first-order valence-corrected chi connectivity index (χ1v) is 3.82. The van der Waals surface area contributed by atoms with Crippen molar-refractivity contribution in [1.82, 2.24) is 0 Å². The summed E-state index contributed by atoms with van der Waals surface area (Å²) in [7, 11) is 0. The Morgan fingerprint density at radius 1 is 1.62 bits per heavy atom. The van der Waals surface area contributed by atoms with Crippen LogP contribution in [-0.4, -0.2) is 0 Å². The van der Waals surface area contributed by atoms with Gasteiger partial charge in [-0.05, 0) is 30.2 Å². The van der Waals surface area contributed by atoms with Gasteiger partial charge in [0, 0.05) is 9.93 Å². The molecule has 0 fully saturated rings.